The zero-order chi connectivity index (χ0) is 17.5. The van der Waals surface area contributed by atoms with E-state index in [4.69, 9.17) is 4.74 Å². The fourth-order valence-electron chi connectivity index (χ4n) is 5.41. The van der Waals surface area contributed by atoms with Gasteiger partial charge in [-0.15, -0.1) is 0 Å². The van der Waals surface area contributed by atoms with Crippen LogP contribution in [0.15, 0.2) is 47.6 Å². The fourth-order valence-corrected chi connectivity index (χ4v) is 5.41. The largest absolute Gasteiger partial charge is 0.484 e. The summed E-state index contributed by atoms with van der Waals surface area (Å²) in [4.78, 5) is 12.2. The van der Waals surface area contributed by atoms with Crippen molar-refractivity contribution in [2.24, 2.45) is 28.8 Å². The average molecular weight is 348 g/mol. The quantitative estimate of drug-likeness (QED) is 0.844. The summed E-state index contributed by atoms with van der Waals surface area (Å²) in [6, 6.07) is 14.0. The Labute approximate surface area is 153 Å². The van der Waals surface area contributed by atoms with Crippen LogP contribution in [0.5, 0.6) is 5.75 Å². The minimum Gasteiger partial charge on any atom is -0.484 e. The van der Waals surface area contributed by atoms with Crippen molar-refractivity contribution in [1.29, 1.82) is 0 Å². The highest BCUT2D eigenvalue weighted by atomic mass is 16.5. The zero-order valence-corrected chi connectivity index (χ0v) is 14.9. The van der Waals surface area contributed by atoms with E-state index < -0.39 is 0 Å². The van der Waals surface area contributed by atoms with E-state index in [1.165, 1.54) is 37.8 Å². The molecule has 6 rings (SSSR count). The van der Waals surface area contributed by atoms with Crippen LogP contribution >= 0.6 is 0 Å². The molecule has 4 aliphatic carbocycles. The van der Waals surface area contributed by atoms with E-state index in [-0.39, 0.29) is 12.5 Å². The van der Waals surface area contributed by atoms with Crippen molar-refractivity contribution in [3.63, 3.8) is 0 Å². The predicted octanol–water partition coefficient (Wildman–Crippen LogP) is 4.15. The number of benzene rings is 2. The molecule has 0 unspecified atom stereocenters. The summed E-state index contributed by atoms with van der Waals surface area (Å²) in [5.74, 6) is 3.55. The van der Waals surface area contributed by atoms with Gasteiger partial charge in [0.05, 0.1) is 0 Å². The Morgan fingerprint density at radius 3 is 2.38 bits per heavy atom. The van der Waals surface area contributed by atoms with E-state index in [1.807, 2.05) is 36.4 Å². The number of nitrogens with one attached hydrogen (secondary N) is 1. The maximum absolute atomic E-state index is 12.2. The molecule has 4 nitrogen and oxygen atoms in total. The monoisotopic (exact) mass is 348 g/mol. The average Bonchev–Trinajstić information content (AvgIpc) is 2.65. The highest BCUT2D eigenvalue weighted by molar-refractivity contribution is 5.92. The van der Waals surface area contributed by atoms with Gasteiger partial charge >= 0.3 is 0 Å². The molecule has 4 heteroatoms. The lowest BCUT2D eigenvalue weighted by molar-refractivity contribution is -0.123. The third-order valence-corrected chi connectivity index (χ3v) is 6.38. The minimum absolute atomic E-state index is 0.00426. The second-order valence-electron chi connectivity index (χ2n) is 8.17. The van der Waals surface area contributed by atoms with Crippen molar-refractivity contribution in [3.05, 3.63) is 42.5 Å². The van der Waals surface area contributed by atoms with Crippen LogP contribution in [0.1, 0.15) is 32.1 Å². The van der Waals surface area contributed by atoms with Crippen molar-refractivity contribution in [2.45, 2.75) is 32.1 Å². The van der Waals surface area contributed by atoms with Crippen LogP contribution in [0.2, 0.25) is 0 Å². The third kappa shape index (κ3) is 2.98. The van der Waals surface area contributed by atoms with Gasteiger partial charge in [0.15, 0.2) is 6.61 Å². The third-order valence-electron chi connectivity index (χ3n) is 6.38. The predicted molar refractivity (Wildman–Crippen MR) is 102 cm³/mol. The van der Waals surface area contributed by atoms with E-state index >= 15 is 0 Å². The van der Waals surface area contributed by atoms with Crippen LogP contribution < -0.4 is 10.2 Å². The molecule has 0 aliphatic heterocycles. The van der Waals surface area contributed by atoms with Crippen LogP contribution in [-0.4, -0.2) is 18.2 Å². The maximum Gasteiger partial charge on any atom is 0.277 e. The van der Waals surface area contributed by atoms with Crippen LogP contribution in [0, 0.1) is 23.7 Å². The molecule has 0 spiro atoms. The molecule has 0 atom stereocenters. The lowest BCUT2D eigenvalue weighted by Crippen LogP contribution is -2.46. The topological polar surface area (TPSA) is 50.7 Å². The van der Waals surface area contributed by atoms with Gasteiger partial charge in [-0.05, 0) is 78.7 Å². The van der Waals surface area contributed by atoms with Gasteiger partial charge in [0.25, 0.3) is 5.91 Å². The molecular formula is C22H24N2O2. The molecule has 4 fully saturated rings. The number of ether oxygens (including phenoxy) is 1. The van der Waals surface area contributed by atoms with Crippen LogP contribution in [-0.2, 0) is 4.79 Å². The van der Waals surface area contributed by atoms with Crippen LogP contribution in [0.3, 0.4) is 0 Å². The maximum atomic E-state index is 12.2. The van der Waals surface area contributed by atoms with Crippen molar-refractivity contribution < 1.29 is 9.53 Å². The van der Waals surface area contributed by atoms with Gasteiger partial charge in [-0.2, -0.15) is 5.10 Å². The van der Waals surface area contributed by atoms with E-state index in [1.54, 1.807) is 0 Å². The van der Waals surface area contributed by atoms with Gasteiger partial charge in [-0.1, -0.05) is 30.3 Å². The Balaban J connectivity index is 1.20. The summed E-state index contributed by atoms with van der Waals surface area (Å²) in [5.41, 5.74) is 3.99. The molecule has 0 aromatic heterocycles. The second-order valence-corrected chi connectivity index (χ2v) is 8.17. The number of carbonyl (C=O) groups is 1. The Hall–Kier alpha value is -2.36. The molecule has 0 radical (unpaired) electrons. The van der Waals surface area contributed by atoms with Crippen LogP contribution in [0.4, 0.5) is 0 Å². The zero-order valence-electron chi connectivity index (χ0n) is 14.9. The molecule has 2 aromatic carbocycles. The molecule has 1 amide bonds. The molecule has 0 heterocycles. The van der Waals surface area contributed by atoms with Gasteiger partial charge in [0, 0.05) is 5.71 Å². The number of hydrogen-bond donors (Lipinski definition) is 1. The number of carbonyl (C=O) groups excluding carboxylic acids is 1. The normalized spacial score (nSPS) is 29.0. The Morgan fingerprint density at radius 1 is 0.962 bits per heavy atom. The summed E-state index contributed by atoms with van der Waals surface area (Å²) < 4.78 is 5.65. The summed E-state index contributed by atoms with van der Waals surface area (Å²) >= 11 is 0. The number of amides is 1. The lowest BCUT2D eigenvalue weighted by Gasteiger charge is -2.50. The van der Waals surface area contributed by atoms with E-state index in [0.29, 0.717) is 17.6 Å². The summed E-state index contributed by atoms with van der Waals surface area (Å²) in [5, 5.41) is 6.80. The highest BCUT2D eigenvalue weighted by Crippen LogP contribution is 2.52. The molecule has 1 N–H and O–H groups in total. The Morgan fingerprint density at radius 2 is 1.65 bits per heavy atom. The number of hydrazone groups is 1. The first kappa shape index (κ1) is 15.9. The summed E-state index contributed by atoms with van der Waals surface area (Å²) in [6.07, 6.45) is 6.52. The number of nitrogens with zero attached hydrogens (tertiary/aromatic N) is 1. The van der Waals surface area contributed by atoms with Gasteiger partial charge < -0.3 is 4.74 Å². The Bertz CT molecular complexity index is 843. The van der Waals surface area contributed by atoms with Crippen molar-refractivity contribution >= 4 is 22.4 Å². The van der Waals surface area contributed by atoms with Gasteiger partial charge in [0.1, 0.15) is 5.75 Å². The standard InChI is InChI=1S/C22H24N2O2/c25-21(13-26-20-6-5-16-3-1-2-4-17(16)12-20)23-24-22-18-8-14-7-15(10-18)11-19(22)9-14/h1-6,12,14-15,18-19H,7-11,13H2,(H,23,25). The molecular weight excluding hydrogens is 324 g/mol. The van der Waals surface area contributed by atoms with E-state index in [0.717, 1.165) is 22.6 Å². The van der Waals surface area contributed by atoms with E-state index in [2.05, 4.69) is 16.6 Å². The van der Waals surface area contributed by atoms with Gasteiger partial charge in [-0.25, -0.2) is 5.43 Å². The molecule has 4 aliphatic rings. The van der Waals surface area contributed by atoms with E-state index in [9.17, 15) is 4.79 Å². The molecule has 0 saturated heterocycles. The van der Waals surface area contributed by atoms with Gasteiger partial charge in [-0.3, -0.25) is 4.79 Å². The second kappa shape index (κ2) is 6.42. The van der Waals surface area contributed by atoms with Crippen molar-refractivity contribution in [1.82, 2.24) is 5.43 Å². The van der Waals surface area contributed by atoms with Crippen LogP contribution in [0.25, 0.3) is 10.8 Å². The lowest BCUT2D eigenvalue weighted by atomic mass is 9.55. The van der Waals surface area contributed by atoms with Gasteiger partial charge in [0.2, 0.25) is 0 Å². The molecule has 4 saturated carbocycles. The summed E-state index contributed by atoms with van der Waals surface area (Å²) in [6.45, 7) is -0.00426. The minimum atomic E-state index is -0.181. The first-order chi connectivity index (χ1) is 12.7. The van der Waals surface area contributed by atoms with Crippen molar-refractivity contribution in [3.8, 4) is 5.75 Å². The highest BCUT2D eigenvalue weighted by Gasteiger charge is 2.46. The first-order valence-electron chi connectivity index (χ1n) is 9.72. The smallest absolute Gasteiger partial charge is 0.277 e. The van der Waals surface area contributed by atoms with Crippen molar-refractivity contribution in [2.75, 3.05) is 6.61 Å². The molecule has 4 bridgehead atoms. The fraction of sp³-hybridized carbons (Fsp3) is 0.455. The number of hydrogen-bond acceptors (Lipinski definition) is 3. The first-order valence-corrected chi connectivity index (χ1v) is 9.72. The molecule has 26 heavy (non-hydrogen) atoms. The number of fused-ring (bicyclic) bond motifs is 1. The molecule has 134 valence electrons. The summed E-state index contributed by atoms with van der Waals surface area (Å²) in [7, 11) is 0. The Kier molecular flexibility index (Phi) is 3.92. The molecule has 2 aromatic rings. The SMILES string of the molecule is O=C(COc1ccc2ccccc2c1)NN=C1C2CC3CC(C2)CC1C3. The number of rotatable bonds is 4.